The average Bonchev–Trinajstić information content (AvgIpc) is 3.40. The number of hydrogen-bond donors (Lipinski definition) is 6. The van der Waals surface area contributed by atoms with Crippen LogP contribution in [0.3, 0.4) is 0 Å². The van der Waals surface area contributed by atoms with Crippen molar-refractivity contribution in [3.05, 3.63) is 48.6 Å². The monoisotopic (exact) mass is 1050 g/mol. The number of carbonyl (C=O) groups excluding carboxylic acids is 2. The van der Waals surface area contributed by atoms with Crippen molar-refractivity contribution in [1.29, 1.82) is 0 Å². The third kappa shape index (κ3) is 39.1. The third-order valence-electron chi connectivity index (χ3n) is 14.5. The molecule has 1 amide bonds. The summed E-state index contributed by atoms with van der Waals surface area (Å²) in [5, 5.41) is 56.9. The van der Waals surface area contributed by atoms with Gasteiger partial charge < -0.3 is 45.1 Å². The zero-order valence-electron chi connectivity index (χ0n) is 47.7. The highest BCUT2D eigenvalue weighted by atomic mass is 16.7. The molecule has 1 rings (SSSR count). The summed E-state index contributed by atoms with van der Waals surface area (Å²) in [5.41, 5.74) is 0. The molecule has 0 aromatic rings. The summed E-state index contributed by atoms with van der Waals surface area (Å²) in [6.07, 6.45) is 51.4. The van der Waals surface area contributed by atoms with Gasteiger partial charge in [0.15, 0.2) is 12.4 Å². The number of ether oxygens (including phenoxy) is 3. The van der Waals surface area contributed by atoms with Crippen LogP contribution in [0.5, 0.6) is 0 Å². The van der Waals surface area contributed by atoms with Crippen LogP contribution in [0.25, 0.3) is 0 Å². The highest BCUT2D eigenvalue weighted by molar-refractivity contribution is 5.80. The lowest BCUT2D eigenvalue weighted by Gasteiger charge is -2.41. The van der Waals surface area contributed by atoms with Crippen molar-refractivity contribution in [3.8, 4) is 0 Å². The first-order chi connectivity index (χ1) is 36.2. The van der Waals surface area contributed by atoms with Gasteiger partial charge >= 0.3 is 5.97 Å². The van der Waals surface area contributed by atoms with Crippen molar-refractivity contribution in [2.75, 3.05) is 13.2 Å². The molecule has 0 aromatic heterocycles. The van der Waals surface area contributed by atoms with Gasteiger partial charge in [0.1, 0.15) is 24.4 Å². The molecule has 11 heteroatoms. The van der Waals surface area contributed by atoms with E-state index >= 15 is 0 Å². The second-order valence-electron chi connectivity index (χ2n) is 21.4. The van der Waals surface area contributed by atoms with E-state index < -0.39 is 67.4 Å². The molecule has 0 saturated carbocycles. The van der Waals surface area contributed by atoms with Gasteiger partial charge in [-0.3, -0.25) is 9.59 Å². The van der Waals surface area contributed by atoms with Crippen LogP contribution in [0.1, 0.15) is 278 Å². The number of carbonyl (C=O) groups is 2. The van der Waals surface area contributed by atoms with Crippen LogP contribution in [0.2, 0.25) is 0 Å². The maximum absolute atomic E-state index is 13.4. The molecule has 1 saturated heterocycles. The molecule has 6 N–H and O–H groups in total. The van der Waals surface area contributed by atoms with Gasteiger partial charge in [0.05, 0.1) is 25.4 Å². The Kier molecular flexibility index (Phi) is 48.3. The smallest absolute Gasteiger partial charge is 0.306 e. The Hall–Kier alpha value is -2.38. The lowest BCUT2D eigenvalue weighted by atomic mass is 9.99. The van der Waals surface area contributed by atoms with Gasteiger partial charge in [0.2, 0.25) is 5.91 Å². The summed E-state index contributed by atoms with van der Waals surface area (Å²) in [4.78, 5) is 26.5. The van der Waals surface area contributed by atoms with Crippen molar-refractivity contribution >= 4 is 11.9 Å². The SMILES string of the molecule is CCCCC/C=C\C/C=C\CCCCCCCCCCC(O)C(=O)NC(COC1OC(CO)C(O)C(O)C1OC(=O)CCCCC/C=C\CCCCCCCCC)C(O)/C=C/CCCCCCCCCCCCC. The van der Waals surface area contributed by atoms with E-state index in [2.05, 4.69) is 62.5 Å². The number of aliphatic hydroxyl groups is 5. The van der Waals surface area contributed by atoms with Gasteiger partial charge in [0, 0.05) is 6.42 Å². The molecule has 0 aliphatic carbocycles. The number of hydrogen-bond acceptors (Lipinski definition) is 10. The fourth-order valence-electron chi connectivity index (χ4n) is 9.50. The van der Waals surface area contributed by atoms with E-state index in [-0.39, 0.29) is 19.4 Å². The van der Waals surface area contributed by atoms with E-state index in [4.69, 9.17) is 14.2 Å². The van der Waals surface area contributed by atoms with Gasteiger partial charge in [-0.2, -0.15) is 0 Å². The summed E-state index contributed by atoms with van der Waals surface area (Å²) in [6, 6.07) is -1.03. The Balaban J connectivity index is 2.71. The van der Waals surface area contributed by atoms with Crippen LogP contribution >= 0.6 is 0 Å². The average molecular weight is 1050 g/mol. The summed E-state index contributed by atoms with van der Waals surface area (Å²) in [6.45, 7) is 5.76. The number of amides is 1. The molecule has 0 bridgehead atoms. The van der Waals surface area contributed by atoms with Crippen LogP contribution in [0, 0.1) is 0 Å². The first-order valence-corrected chi connectivity index (χ1v) is 30.9. The highest BCUT2D eigenvalue weighted by Crippen LogP contribution is 2.26. The van der Waals surface area contributed by atoms with Gasteiger partial charge in [-0.1, -0.05) is 236 Å². The number of esters is 1. The lowest BCUT2D eigenvalue weighted by Crippen LogP contribution is -2.61. The summed E-state index contributed by atoms with van der Waals surface area (Å²) >= 11 is 0. The van der Waals surface area contributed by atoms with Gasteiger partial charge in [-0.15, -0.1) is 0 Å². The predicted molar refractivity (Wildman–Crippen MR) is 306 cm³/mol. The second kappa shape index (κ2) is 51.4. The van der Waals surface area contributed by atoms with Gasteiger partial charge in [-0.05, 0) is 83.5 Å². The normalized spacial score (nSPS) is 19.6. The van der Waals surface area contributed by atoms with Crippen LogP contribution in [-0.2, 0) is 23.8 Å². The molecular weight excluding hydrogens is 931 g/mol. The first-order valence-electron chi connectivity index (χ1n) is 30.9. The minimum absolute atomic E-state index is 0.104. The number of rotatable bonds is 52. The third-order valence-corrected chi connectivity index (χ3v) is 14.5. The molecular formula is C63H115NO10. The highest BCUT2D eigenvalue weighted by Gasteiger charge is 2.47. The summed E-state index contributed by atoms with van der Waals surface area (Å²) in [7, 11) is 0. The molecule has 1 fully saturated rings. The molecule has 1 aliphatic rings. The summed E-state index contributed by atoms with van der Waals surface area (Å²) < 4.78 is 17.6. The standard InChI is InChI=1S/C63H115NO10/c1-4-7-10-13-16-19-22-25-27-28-29-30-32-35-38-41-44-47-50-56(67)62(71)64-54(55(66)49-46-43-40-37-34-31-24-21-18-15-12-9-6-3)53-72-63-61(60(70)59(69)57(52-65)73-63)74-58(68)51-48-45-42-39-36-33-26-23-20-17-14-11-8-5-2/h16,19,25,27,33,36,46,49,54-57,59-61,63,65-67,69-70H,4-15,17-18,20-24,26,28-32,34-35,37-45,47-48,50-53H2,1-3H3,(H,64,71)/b19-16-,27-25-,36-33-,49-46+. The number of allylic oxidation sites excluding steroid dienone is 7. The first kappa shape index (κ1) is 69.6. The van der Waals surface area contributed by atoms with E-state index in [9.17, 15) is 35.1 Å². The van der Waals surface area contributed by atoms with Crippen LogP contribution in [-0.4, -0.2) is 99.6 Å². The van der Waals surface area contributed by atoms with Gasteiger partial charge in [-0.25, -0.2) is 0 Å². The van der Waals surface area contributed by atoms with Crippen LogP contribution < -0.4 is 5.32 Å². The largest absolute Gasteiger partial charge is 0.454 e. The van der Waals surface area contributed by atoms with E-state index in [1.807, 2.05) is 6.08 Å². The fraction of sp³-hybridized carbons (Fsp3) is 0.841. The Morgan fingerprint density at radius 3 is 1.42 bits per heavy atom. The fourth-order valence-corrected chi connectivity index (χ4v) is 9.50. The molecule has 8 unspecified atom stereocenters. The van der Waals surface area contributed by atoms with Crippen LogP contribution in [0.15, 0.2) is 48.6 Å². The maximum atomic E-state index is 13.4. The van der Waals surface area contributed by atoms with Crippen molar-refractivity contribution < 1.29 is 49.3 Å². The molecule has 1 heterocycles. The molecule has 11 nitrogen and oxygen atoms in total. The zero-order chi connectivity index (χ0) is 54.0. The van der Waals surface area contributed by atoms with Gasteiger partial charge in [0.25, 0.3) is 0 Å². The maximum Gasteiger partial charge on any atom is 0.306 e. The second-order valence-corrected chi connectivity index (χ2v) is 21.4. The zero-order valence-corrected chi connectivity index (χ0v) is 47.7. The van der Waals surface area contributed by atoms with E-state index in [1.54, 1.807) is 6.08 Å². The lowest BCUT2D eigenvalue weighted by molar-refractivity contribution is -0.305. The Bertz CT molecular complexity index is 1390. The topological polar surface area (TPSA) is 175 Å². The predicted octanol–water partition coefficient (Wildman–Crippen LogP) is 14.4. The molecule has 0 spiro atoms. The van der Waals surface area contributed by atoms with Crippen LogP contribution in [0.4, 0.5) is 0 Å². The minimum Gasteiger partial charge on any atom is -0.454 e. The molecule has 0 aromatic carbocycles. The molecule has 432 valence electrons. The van der Waals surface area contributed by atoms with Crippen molar-refractivity contribution in [3.63, 3.8) is 0 Å². The Labute approximate surface area is 453 Å². The van der Waals surface area contributed by atoms with E-state index in [0.29, 0.717) is 12.8 Å². The Morgan fingerprint density at radius 2 is 0.932 bits per heavy atom. The number of aliphatic hydroxyl groups excluding tert-OH is 5. The molecule has 74 heavy (non-hydrogen) atoms. The van der Waals surface area contributed by atoms with Crippen molar-refractivity contribution in [1.82, 2.24) is 5.32 Å². The summed E-state index contributed by atoms with van der Waals surface area (Å²) in [5.74, 6) is -1.21. The van der Waals surface area contributed by atoms with Crippen molar-refractivity contribution in [2.45, 2.75) is 327 Å². The van der Waals surface area contributed by atoms with E-state index in [0.717, 1.165) is 77.0 Å². The quantitative estimate of drug-likeness (QED) is 0.0195. The molecule has 0 radical (unpaired) electrons. The molecule has 1 aliphatic heterocycles. The molecule has 8 atom stereocenters. The number of nitrogens with one attached hydrogen (secondary N) is 1. The minimum atomic E-state index is -1.62. The van der Waals surface area contributed by atoms with E-state index in [1.165, 1.54) is 154 Å². The Morgan fingerprint density at radius 1 is 0.527 bits per heavy atom. The number of unbranched alkanes of at least 4 members (excludes halogenated alkanes) is 32. The van der Waals surface area contributed by atoms with Crippen molar-refractivity contribution in [2.24, 2.45) is 0 Å².